The molecule has 2 aromatic heterocycles. The van der Waals surface area contributed by atoms with Crippen LogP contribution in [0, 0.1) is 0 Å². The topological polar surface area (TPSA) is 92.8 Å². The molecule has 2 aromatic carbocycles. The van der Waals surface area contributed by atoms with Crippen molar-refractivity contribution in [3.63, 3.8) is 0 Å². The molecule has 3 heterocycles. The van der Waals surface area contributed by atoms with E-state index in [0.717, 1.165) is 42.0 Å². The van der Waals surface area contributed by atoms with E-state index in [2.05, 4.69) is 56.4 Å². The molecular weight excluding hydrogens is 406 g/mol. The van der Waals surface area contributed by atoms with Crippen molar-refractivity contribution >= 4 is 39.1 Å². The van der Waals surface area contributed by atoms with Crippen LogP contribution in [-0.4, -0.2) is 31.4 Å². The molecule has 1 atom stereocenters. The third kappa shape index (κ3) is 4.22. The Morgan fingerprint density at radius 1 is 1.06 bits per heavy atom. The summed E-state index contributed by atoms with van der Waals surface area (Å²) >= 11 is 1.78. The van der Waals surface area contributed by atoms with E-state index in [4.69, 9.17) is 10.7 Å². The van der Waals surface area contributed by atoms with E-state index >= 15 is 0 Å². The normalized spacial score (nSPS) is 16.7. The molecule has 0 bridgehead atoms. The molecule has 5 rings (SSSR count). The number of thiazole rings is 1. The summed E-state index contributed by atoms with van der Waals surface area (Å²) in [5.74, 6) is 1.40. The van der Waals surface area contributed by atoms with Gasteiger partial charge in [0.25, 0.3) is 0 Å². The Bertz CT molecular complexity index is 1170. The van der Waals surface area contributed by atoms with Crippen LogP contribution in [0.15, 0.2) is 48.5 Å². The van der Waals surface area contributed by atoms with E-state index in [-0.39, 0.29) is 12.0 Å². The zero-order chi connectivity index (χ0) is 21.2. The van der Waals surface area contributed by atoms with Crippen molar-refractivity contribution in [2.45, 2.75) is 38.8 Å². The molecule has 0 radical (unpaired) electrons. The molecule has 1 aliphatic rings. The molecule has 158 valence electrons. The lowest BCUT2D eigenvalue weighted by molar-refractivity contribution is 0.242. The molecule has 7 nitrogen and oxygen atoms in total. The van der Waals surface area contributed by atoms with Gasteiger partial charge in [0.15, 0.2) is 0 Å². The zero-order valence-corrected chi connectivity index (χ0v) is 18.3. The highest BCUT2D eigenvalue weighted by molar-refractivity contribution is 7.18. The van der Waals surface area contributed by atoms with Gasteiger partial charge in [-0.05, 0) is 49.6 Å². The number of fused-ring (bicyclic) bond motifs is 1. The number of para-hydroxylation sites is 2. The van der Waals surface area contributed by atoms with Crippen LogP contribution in [0.2, 0.25) is 0 Å². The Kier molecular flexibility index (Phi) is 5.48. The van der Waals surface area contributed by atoms with Crippen molar-refractivity contribution in [1.82, 2.24) is 24.8 Å². The lowest BCUT2D eigenvalue weighted by atomic mass is 10.1. The van der Waals surface area contributed by atoms with E-state index in [9.17, 15) is 0 Å². The lowest BCUT2D eigenvalue weighted by Gasteiger charge is -2.22. The van der Waals surface area contributed by atoms with E-state index in [1.807, 2.05) is 24.3 Å². The summed E-state index contributed by atoms with van der Waals surface area (Å²) in [7, 11) is 0. The SMILES string of the molecule is CCc1ccccc1Nc1nc(N)nc(CN2CCC[C@@H]2c2nc3ccccc3s2)n1. The molecule has 0 aliphatic carbocycles. The number of anilines is 3. The van der Waals surface area contributed by atoms with Gasteiger partial charge in [0.2, 0.25) is 11.9 Å². The Morgan fingerprint density at radius 3 is 2.77 bits per heavy atom. The third-order valence-electron chi connectivity index (χ3n) is 5.65. The summed E-state index contributed by atoms with van der Waals surface area (Å²) in [6, 6.07) is 16.8. The molecule has 8 heteroatoms. The highest BCUT2D eigenvalue weighted by Crippen LogP contribution is 2.37. The highest BCUT2D eigenvalue weighted by Gasteiger charge is 2.29. The summed E-state index contributed by atoms with van der Waals surface area (Å²) < 4.78 is 1.23. The van der Waals surface area contributed by atoms with Crippen molar-refractivity contribution in [2.75, 3.05) is 17.6 Å². The Balaban J connectivity index is 1.37. The molecule has 0 saturated carbocycles. The first-order valence-corrected chi connectivity index (χ1v) is 11.5. The maximum absolute atomic E-state index is 6.02. The Morgan fingerprint density at radius 2 is 1.90 bits per heavy atom. The number of hydrogen-bond donors (Lipinski definition) is 2. The number of hydrogen-bond acceptors (Lipinski definition) is 8. The number of nitrogen functional groups attached to an aromatic ring is 1. The first-order chi connectivity index (χ1) is 15.2. The average Bonchev–Trinajstić information content (AvgIpc) is 3.40. The molecule has 1 aliphatic heterocycles. The van der Waals surface area contributed by atoms with Crippen molar-refractivity contribution < 1.29 is 0 Å². The second-order valence-electron chi connectivity index (χ2n) is 7.72. The number of aryl methyl sites for hydroxylation is 1. The summed E-state index contributed by atoms with van der Waals surface area (Å²) in [5, 5.41) is 4.48. The number of nitrogens with zero attached hydrogens (tertiary/aromatic N) is 5. The number of rotatable bonds is 6. The Labute approximate surface area is 185 Å². The number of benzene rings is 2. The number of nitrogens with one attached hydrogen (secondary N) is 1. The number of likely N-dealkylation sites (tertiary alicyclic amines) is 1. The number of aromatic nitrogens is 4. The van der Waals surface area contributed by atoms with Gasteiger partial charge in [-0.2, -0.15) is 15.0 Å². The van der Waals surface area contributed by atoms with Crippen molar-refractivity contribution in [1.29, 1.82) is 0 Å². The third-order valence-corrected chi connectivity index (χ3v) is 6.79. The van der Waals surface area contributed by atoms with Crippen LogP contribution in [0.1, 0.15) is 42.2 Å². The van der Waals surface area contributed by atoms with Crippen molar-refractivity contribution in [3.05, 3.63) is 64.9 Å². The molecule has 3 N–H and O–H groups in total. The van der Waals surface area contributed by atoms with Gasteiger partial charge in [0.1, 0.15) is 10.8 Å². The van der Waals surface area contributed by atoms with Crippen molar-refractivity contribution in [2.24, 2.45) is 0 Å². The minimum atomic E-state index is 0.234. The average molecular weight is 432 g/mol. The first-order valence-electron chi connectivity index (χ1n) is 10.6. The largest absolute Gasteiger partial charge is 0.368 e. The van der Waals surface area contributed by atoms with Crippen LogP contribution in [0.5, 0.6) is 0 Å². The second-order valence-corrected chi connectivity index (χ2v) is 8.78. The minimum absolute atomic E-state index is 0.234. The van der Waals surface area contributed by atoms with Gasteiger partial charge < -0.3 is 11.1 Å². The Hall–Kier alpha value is -3.10. The van der Waals surface area contributed by atoms with Gasteiger partial charge in [-0.1, -0.05) is 37.3 Å². The first kappa shape index (κ1) is 19.8. The van der Waals surface area contributed by atoms with Gasteiger partial charge in [0, 0.05) is 5.69 Å². The van der Waals surface area contributed by atoms with Gasteiger partial charge in [-0.15, -0.1) is 11.3 Å². The van der Waals surface area contributed by atoms with Crippen LogP contribution < -0.4 is 11.1 Å². The molecule has 1 saturated heterocycles. The van der Waals surface area contributed by atoms with Gasteiger partial charge >= 0.3 is 0 Å². The molecule has 0 spiro atoms. The minimum Gasteiger partial charge on any atom is -0.368 e. The van der Waals surface area contributed by atoms with Crippen LogP contribution >= 0.6 is 11.3 Å². The smallest absolute Gasteiger partial charge is 0.232 e. The highest BCUT2D eigenvalue weighted by atomic mass is 32.1. The molecule has 31 heavy (non-hydrogen) atoms. The molecule has 1 fully saturated rings. The van der Waals surface area contributed by atoms with Crippen molar-refractivity contribution in [3.8, 4) is 0 Å². The molecule has 0 unspecified atom stereocenters. The van der Waals surface area contributed by atoms with Crippen LogP contribution in [0.25, 0.3) is 10.2 Å². The van der Waals surface area contributed by atoms with Gasteiger partial charge in [-0.3, -0.25) is 4.90 Å². The lowest BCUT2D eigenvalue weighted by Crippen LogP contribution is -2.24. The fraction of sp³-hybridized carbons (Fsp3) is 0.304. The fourth-order valence-corrected chi connectivity index (χ4v) is 5.28. The van der Waals surface area contributed by atoms with Gasteiger partial charge in [0.05, 0.1) is 22.8 Å². The second kappa shape index (κ2) is 8.56. The quantitative estimate of drug-likeness (QED) is 0.457. The molecular formula is C23H25N7S. The predicted molar refractivity (Wildman–Crippen MR) is 125 cm³/mol. The van der Waals surface area contributed by atoms with Crippen LogP contribution in [0.3, 0.4) is 0 Å². The summed E-state index contributed by atoms with van der Waals surface area (Å²) in [5.41, 5.74) is 9.30. The summed E-state index contributed by atoms with van der Waals surface area (Å²) in [6.07, 6.45) is 3.15. The standard InChI is InChI=1S/C23H25N7S/c1-2-15-8-3-4-9-16(15)26-23-28-20(27-22(24)29-23)14-30-13-7-11-18(30)21-25-17-10-5-6-12-19(17)31-21/h3-6,8-10,12,18H,2,7,11,13-14H2,1H3,(H3,24,26,27,28,29)/t18-/m1/s1. The summed E-state index contributed by atoms with van der Waals surface area (Å²) in [6.45, 7) is 3.74. The summed E-state index contributed by atoms with van der Waals surface area (Å²) in [4.78, 5) is 20.7. The zero-order valence-electron chi connectivity index (χ0n) is 17.5. The maximum atomic E-state index is 6.02. The number of nitrogens with two attached hydrogens (primary N) is 1. The van der Waals surface area contributed by atoms with E-state index in [0.29, 0.717) is 18.3 Å². The maximum Gasteiger partial charge on any atom is 0.232 e. The van der Waals surface area contributed by atoms with Crippen LogP contribution in [-0.2, 0) is 13.0 Å². The predicted octanol–water partition coefficient (Wildman–Crippen LogP) is 4.71. The van der Waals surface area contributed by atoms with E-state index in [1.54, 1.807) is 11.3 Å². The van der Waals surface area contributed by atoms with Gasteiger partial charge in [-0.25, -0.2) is 4.98 Å². The monoisotopic (exact) mass is 431 g/mol. The van der Waals surface area contributed by atoms with E-state index in [1.165, 1.54) is 10.3 Å². The molecule has 4 aromatic rings. The fourth-order valence-electron chi connectivity index (χ4n) is 4.14. The van der Waals surface area contributed by atoms with E-state index < -0.39 is 0 Å². The molecule has 0 amide bonds. The van der Waals surface area contributed by atoms with Crippen LogP contribution in [0.4, 0.5) is 17.6 Å².